The molecule has 3 atom stereocenters. The number of hydrogen-bond acceptors (Lipinski definition) is 7. The van der Waals surface area contributed by atoms with Gasteiger partial charge in [-0.15, -0.1) is 0 Å². The van der Waals surface area contributed by atoms with Gasteiger partial charge in [0.25, 0.3) is 5.91 Å². The van der Waals surface area contributed by atoms with Crippen LogP contribution >= 0.6 is 11.8 Å². The van der Waals surface area contributed by atoms with Crippen molar-refractivity contribution in [2.45, 2.75) is 37.9 Å². The molecule has 0 aromatic carbocycles. The molecular weight excluding hydrogens is 400 g/mol. The first kappa shape index (κ1) is 25.1. The Bertz CT molecular complexity index is 629. The van der Waals surface area contributed by atoms with Crippen molar-refractivity contribution in [1.29, 1.82) is 0 Å². The second kappa shape index (κ2) is 12.5. The summed E-state index contributed by atoms with van der Waals surface area (Å²) in [6.45, 7) is 1.27. The first-order chi connectivity index (χ1) is 13.0. The highest BCUT2D eigenvalue weighted by atomic mass is 35.5. The van der Waals surface area contributed by atoms with Gasteiger partial charge in [0.15, 0.2) is 0 Å². The Morgan fingerprint density at radius 1 is 0.929 bits per heavy atom. The van der Waals surface area contributed by atoms with E-state index in [1.807, 2.05) is 0 Å². The molecule has 8 N–H and O–H groups in total. The van der Waals surface area contributed by atoms with Crippen molar-refractivity contribution < 1.29 is 33.9 Å². The van der Waals surface area contributed by atoms with Crippen LogP contribution in [0.5, 0.6) is 0 Å². The van der Waals surface area contributed by atoms with E-state index >= 15 is 0 Å². The monoisotopic (exact) mass is 422 g/mol. The lowest BCUT2D eigenvalue weighted by molar-refractivity contribution is -0.141. The fourth-order valence-electron chi connectivity index (χ4n) is 1.95. The maximum atomic E-state index is 12.3. The van der Waals surface area contributed by atoms with Crippen molar-refractivity contribution in [3.63, 3.8) is 0 Å². The lowest BCUT2D eigenvalue weighted by atomic mass is 10.1. The molecule has 0 saturated carbocycles. The van der Waals surface area contributed by atoms with Crippen LogP contribution in [0, 0.1) is 0 Å². The van der Waals surface area contributed by atoms with Gasteiger partial charge in [-0.2, -0.15) is 0 Å². The smallest absolute Gasteiger partial charge is 0.305 e. The molecule has 0 aromatic heterocycles. The van der Waals surface area contributed by atoms with Gasteiger partial charge in [-0.3, -0.25) is 33.6 Å². The molecule has 14 heteroatoms. The van der Waals surface area contributed by atoms with E-state index < -0.39 is 66.5 Å². The molecule has 0 unspecified atom stereocenters. The highest BCUT2D eigenvalue weighted by Crippen LogP contribution is 1.99. The van der Waals surface area contributed by atoms with Crippen LogP contribution in [-0.2, 0) is 28.8 Å². The fraction of sp³-hybridized carbons (Fsp3) is 0.571. The lowest BCUT2D eigenvalue weighted by Crippen LogP contribution is -2.57. The summed E-state index contributed by atoms with van der Waals surface area (Å²) in [6.07, 6.45) is -1.42. The summed E-state index contributed by atoms with van der Waals surface area (Å²) in [4.78, 5) is 71.3. The van der Waals surface area contributed by atoms with Gasteiger partial charge in [0.05, 0.1) is 19.4 Å². The average molecular weight is 423 g/mol. The number of carboxylic acids is 1. The minimum Gasteiger partial charge on any atom is -0.481 e. The molecule has 0 heterocycles. The number of carbonyl (C=O) groups excluding carboxylic acids is 5. The van der Waals surface area contributed by atoms with Crippen LogP contribution in [0.1, 0.15) is 19.8 Å². The van der Waals surface area contributed by atoms with Gasteiger partial charge >= 0.3 is 5.97 Å². The molecule has 5 amide bonds. The zero-order valence-corrected chi connectivity index (χ0v) is 16.0. The zero-order chi connectivity index (χ0) is 21.9. The Hall–Kier alpha value is -2.93. The summed E-state index contributed by atoms with van der Waals surface area (Å²) < 4.78 is 0. The summed E-state index contributed by atoms with van der Waals surface area (Å²) >= 11 is 5.17. The van der Waals surface area contributed by atoms with Crippen LogP contribution in [-0.4, -0.2) is 72.3 Å². The molecule has 0 spiro atoms. The molecule has 13 nitrogen and oxygen atoms in total. The quantitative estimate of drug-likeness (QED) is 0.155. The van der Waals surface area contributed by atoms with Crippen LogP contribution in [0.4, 0.5) is 0 Å². The van der Waals surface area contributed by atoms with Gasteiger partial charge in [0, 0.05) is 11.8 Å². The number of primary amides is 1. The van der Waals surface area contributed by atoms with Crippen LogP contribution in [0.15, 0.2) is 0 Å². The predicted octanol–water partition coefficient (Wildman–Crippen LogP) is -3.70. The molecule has 0 aliphatic carbocycles. The number of amides is 5. The van der Waals surface area contributed by atoms with Crippen LogP contribution in [0.25, 0.3) is 0 Å². The van der Waals surface area contributed by atoms with Crippen molar-refractivity contribution in [3.8, 4) is 0 Å². The maximum Gasteiger partial charge on any atom is 0.305 e. The second-order valence-corrected chi connectivity index (χ2v) is 5.86. The van der Waals surface area contributed by atoms with Gasteiger partial charge in [-0.05, 0) is 14.0 Å². The Morgan fingerprint density at radius 2 is 1.46 bits per heavy atom. The van der Waals surface area contributed by atoms with Gasteiger partial charge < -0.3 is 32.1 Å². The molecular formula is C14H23ClN6O7. The van der Waals surface area contributed by atoms with Crippen molar-refractivity contribution in [2.75, 3.05) is 13.6 Å². The topological polar surface area (TPSA) is 209 Å². The predicted molar refractivity (Wildman–Crippen MR) is 95.5 cm³/mol. The molecule has 28 heavy (non-hydrogen) atoms. The third-order valence-corrected chi connectivity index (χ3v) is 3.44. The van der Waals surface area contributed by atoms with E-state index in [9.17, 15) is 28.8 Å². The number of carboxylic acid groups (broad SMARTS) is 1. The highest BCUT2D eigenvalue weighted by molar-refractivity contribution is 6.22. The first-order valence-electron chi connectivity index (χ1n) is 7.97. The summed E-state index contributed by atoms with van der Waals surface area (Å²) in [5.74, 6) is -5.69. The fourth-order valence-corrected chi connectivity index (χ4v) is 2.08. The summed E-state index contributed by atoms with van der Waals surface area (Å²) in [5.41, 5.74) is 4.99. The SMILES string of the molecule is CNCC(=O)N[C@@H](C)C(=O)N[C@H](CC(=O)O)C(=O)N[C@H](CC(N)=O)C(=O)NCl. The molecule has 0 aliphatic heterocycles. The minimum absolute atomic E-state index is 0.0566. The highest BCUT2D eigenvalue weighted by Gasteiger charge is 2.30. The van der Waals surface area contributed by atoms with Gasteiger partial charge in [0.2, 0.25) is 23.6 Å². The molecule has 158 valence electrons. The normalized spacial score (nSPS) is 13.4. The van der Waals surface area contributed by atoms with Crippen LogP contribution in [0.2, 0.25) is 0 Å². The number of carbonyl (C=O) groups is 6. The molecule has 0 radical (unpaired) electrons. The second-order valence-electron chi connectivity index (χ2n) is 5.67. The van der Waals surface area contributed by atoms with Crippen LogP contribution < -0.4 is 31.8 Å². The maximum absolute atomic E-state index is 12.3. The Kier molecular flexibility index (Phi) is 11.2. The number of nitrogens with one attached hydrogen (secondary N) is 5. The average Bonchev–Trinajstić information content (AvgIpc) is 2.58. The van der Waals surface area contributed by atoms with E-state index in [1.54, 1.807) is 4.84 Å². The summed E-state index contributed by atoms with van der Waals surface area (Å²) in [5, 5.41) is 18.1. The van der Waals surface area contributed by atoms with E-state index in [0.717, 1.165) is 0 Å². The molecule has 0 fully saturated rings. The summed E-state index contributed by atoms with van der Waals surface area (Å²) in [7, 11) is 1.52. The standard InChI is InChI=1S/C14H23ClN6O7/c1-6(18-10(23)5-17-2)12(26)19-8(4-11(24)25)13(27)20-7(3-9(16)22)14(28)21-15/h6-8,17H,3-5H2,1-2H3,(H2,16,22)(H,18,23)(H,19,26)(H,20,27)(H,21,28)(H,24,25)/t6-,7+,8+/m0/s1. The summed E-state index contributed by atoms with van der Waals surface area (Å²) in [6, 6.07) is -4.13. The van der Waals surface area contributed by atoms with E-state index in [0.29, 0.717) is 0 Å². The van der Waals surface area contributed by atoms with Gasteiger partial charge in [-0.1, -0.05) is 0 Å². The van der Waals surface area contributed by atoms with Gasteiger partial charge in [-0.25, -0.2) is 0 Å². The van der Waals surface area contributed by atoms with Crippen molar-refractivity contribution in [1.82, 2.24) is 26.1 Å². The number of hydrogen-bond donors (Lipinski definition) is 7. The first-order valence-corrected chi connectivity index (χ1v) is 8.34. The number of likely N-dealkylation sites (N-methyl/N-ethyl adjacent to an activating group) is 1. The number of halogens is 1. The number of rotatable bonds is 12. The van der Waals surface area contributed by atoms with Gasteiger partial charge in [0.1, 0.15) is 18.1 Å². The molecule has 0 saturated heterocycles. The number of nitrogens with two attached hydrogens (primary N) is 1. The van der Waals surface area contributed by atoms with E-state index in [1.165, 1.54) is 14.0 Å². The Balaban J connectivity index is 5.17. The zero-order valence-electron chi connectivity index (χ0n) is 15.2. The van der Waals surface area contributed by atoms with Crippen molar-refractivity contribution in [3.05, 3.63) is 0 Å². The van der Waals surface area contributed by atoms with Crippen molar-refractivity contribution >= 4 is 47.3 Å². The molecule has 0 rings (SSSR count). The Labute approximate surface area is 165 Å². The largest absolute Gasteiger partial charge is 0.481 e. The van der Waals surface area contributed by atoms with Crippen molar-refractivity contribution in [2.24, 2.45) is 5.73 Å². The molecule has 0 aromatic rings. The van der Waals surface area contributed by atoms with E-state index in [2.05, 4.69) is 21.3 Å². The van der Waals surface area contributed by atoms with E-state index in [4.69, 9.17) is 22.6 Å². The molecule has 0 aliphatic rings. The minimum atomic E-state index is -1.59. The van der Waals surface area contributed by atoms with E-state index in [-0.39, 0.29) is 6.54 Å². The molecule has 0 bridgehead atoms. The lowest BCUT2D eigenvalue weighted by Gasteiger charge is -2.22. The third kappa shape index (κ3) is 9.68. The number of aliphatic carboxylic acids is 1. The Morgan fingerprint density at radius 3 is 1.93 bits per heavy atom. The van der Waals surface area contributed by atoms with Crippen LogP contribution in [0.3, 0.4) is 0 Å². The third-order valence-electron chi connectivity index (χ3n) is 3.25.